The van der Waals surface area contributed by atoms with E-state index < -0.39 is 5.97 Å². The molecule has 0 fully saturated rings. The summed E-state index contributed by atoms with van der Waals surface area (Å²) in [5.74, 6) is -0.851. The predicted molar refractivity (Wildman–Crippen MR) is 55.0 cm³/mol. The van der Waals surface area contributed by atoms with E-state index in [1.165, 1.54) is 0 Å². The molecule has 1 rings (SSSR count). The monoisotopic (exact) mass is 233 g/mol. The van der Waals surface area contributed by atoms with Gasteiger partial charge < -0.3 is 5.11 Å². The summed E-state index contributed by atoms with van der Waals surface area (Å²) >= 11 is 11.5. The van der Waals surface area contributed by atoms with Crippen LogP contribution < -0.4 is 0 Å². The zero-order valence-corrected chi connectivity index (χ0v) is 9.06. The standard InChI is InChI=1S/C9H9Cl2NO2/c1-5-4-7(10)12-9(11)6(5)2-3-8(13)14/h4H,2-3H2,1H3,(H,13,14). The zero-order valence-electron chi connectivity index (χ0n) is 7.55. The van der Waals surface area contributed by atoms with Crippen LogP contribution in [0.25, 0.3) is 0 Å². The highest BCUT2D eigenvalue weighted by atomic mass is 35.5. The molecule has 0 aliphatic carbocycles. The first-order chi connectivity index (χ1) is 6.50. The molecule has 0 amide bonds. The molecule has 0 aliphatic rings. The minimum absolute atomic E-state index is 0.0455. The normalized spacial score (nSPS) is 10.2. The number of hydrogen-bond acceptors (Lipinski definition) is 2. The average Bonchev–Trinajstić information content (AvgIpc) is 2.01. The van der Waals surface area contributed by atoms with Crippen LogP contribution in [0.3, 0.4) is 0 Å². The smallest absolute Gasteiger partial charge is 0.303 e. The molecule has 1 N–H and O–H groups in total. The van der Waals surface area contributed by atoms with Gasteiger partial charge in [0.2, 0.25) is 0 Å². The van der Waals surface area contributed by atoms with Crippen molar-refractivity contribution >= 4 is 29.2 Å². The first kappa shape index (κ1) is 11.3. The second-order valence-corrected chi connectivity index (χ2v) is 3.67. The van der Waals surface area contributed by atoms with Crippen LogP contribution in [-0.2, 0) is 11.2 Å². The summed E-state index contributed by atoms with van der Waals surface area (Å²) in [7, 11) is 0. The Balaban J connectivity index is 2.91. The van der Waals surface area contributed by atoms with Gasteiger partial charge in [0.05, 0.1) is 0 Å². The first-order valence-electron chi connectivity index (χ1n) is 4.04. The largest absolute Gasteiger partial charge is 0.481 e. The van der Waals surface area contributed by atoms with E-state index in [0.29, 0.717) is 11.6 Å². The van der Waals surface area contributed by atoms with Crippen LogP contribution in [0.1, 0.15) is 17.5 Å². The number of aliphatic carboxylic acids is 1. The summed E-state index contributed by atoms with van der Waals surface area (Å²) in [6.45, 7) is 1.83. The molecule has 1 aromatic heterocycles. The fraction of sp³-hybridized carbons (Fsp3) is 0.333. The molecule has 0 saturated carbocycles. The number of rotatable bonds is 3. The number of aromatic nitrogens is 1. The van der Waals surface area contributed by atoms with Gasteiger partial charge in [0, 0.05) is 6.42 Å². The van der Waals surface area contributed by atoms with Crippen molar-refractivity contribution in [3.05, 3.63) is 27.5 Å². The van der Waals surface area contributed by atoms with Gasteiger partial charge in [-0.1, -0.05) is 23.2 Å². The fourth-order valence-electron chi connectivity index (χ4n) is 1.15. The van der Waals surface area contributed by atoms with E-state index >= 15 is 0 Å². The van der Waals surface area contributed by atoms with E-state index in [1.807, 2.05) is 6.92 Å². The topological polar surface area (TPSA) is 50.2 Å². The summed E-state index contributed by atoms with van der Waals surface area (Å²) < 4.78 is 0. The maximum Gasteiger partial charge on any atom is 0.303 e. The Bertz CT molecular complexity index is 343. The number of carbonyl (C=O) groups is 1. The van der Waals surface area contributed by atoms with Gasteiger partial charge >= 0.3 is 5.97 Å². The lowest BCUT2D eigenvalue weighted by Gasteiger charge is -2.06. The number of halogens is 2. The van der Waals surface area contributed by atoms with Gasteiger partial charge in [-0.25, -0.2) is 4.98 Å². The van der Waals surface area contributed by atoms with Crippen molar-refractivity contribution in [3.63, 3.8) is 0 Å². The van der Waals surface area contributed by atoms with E-state index in [0.717, 1.165) is 11.1 Å². The minimum Gasteiger partial charge on any atom is -0.481 e. The Morgan fingerprint density at radius 3 is 2.71 bits per heavy atom. The molecule has 0 bridgehead atoms. The van der Waals surface area contributed by atoms with Gasteiger partial charge in [-0.15, -0.1) is 0 Å². The van der Waals surface area contributed by atoms with Crippen molar-refractivity contribution in [1.82, 2.24) is 4.98 Å². The lowest BCUT2D eigenvalue weighted by molar-refractivity contribution is -0.136. The van der Waals surface area contributed by atoms with Gasteiger partial charge in [-0.3, -0.25) is 4.79 Å². The van der Waals surface area contributed by atoms with Gasteiger partial charge in [0.1, 0.15) is 10.3 Å². The van der Waals surface area contributed by atoms with E-state index in [2.05, 4.69) is 4.98 Å². The van der Waals surface area contributed by atoms with E-state index in [4.69, 9.17) is 28.3 Å². The van der Waals surface area contributed by atoms with Crippen molar-refractivity contribution in [1.29, 1.82) is 0 Å². The van der Waals surface area contributed by atoms with Crippen LogP contribution in [0.2, 0.25) is 10.3 Å². The molecule has 0 saturated heterocycles. The van der Waals surface area contributed by atoms with Crippen LogP contribution in [0.5, 0.6) is 0 Å². The minimum atomic E-state index is -0.851. The van der Waals surface area contributed by atoms with Crippen LogP contribution in [0.4, 0.5) is 0 Å². The summed E-state index contributed by atoms with van der Waals surface area (Å²) in [6.07, 6.45) is 0.425. The Labute approximate surface area is 91.7 Å². The fourth-order valence-corrected chi connectivity index (χ4v) is 1.78. The second-order valence-electron chi connectivity index (χ2n) is 2.92. The number of nitrogens with zero attached hydrogens (tertiary/aromatic N) is 1. The van der Waals surface area contributed by atoms with Crippen LogP contribution in [0.15, 0.2) is 6.07 Å². The SMILES string of the molecule is Cc1cc(Cl)nc(Cl)c1CCC(=O)O. The molecular weight excluding hydrogens is 225 g/mol. The second kappa shape index (κ2) is 4.62. The lowest BCUT2D eigenvalue weighted by atomic mass is 10.1. The summed E-state index contributed by atoms with van der Waals surface area (Å²) in [5, 5.41) is 9.14. The average molecular weight is 234 g/mol. The van der Waals surface area contributed by atoms with Gasteiger partial charge in [-0.05, 0) is 30.5 Å². The van der Waals surface area contributed by atoms with E-state index in [9.17, 15) is 4.79 Å². The Morgan fingerprint density at radius 1 is 1.57 bits per heavy atom. The van der Waals surface area contributed by atoms with Crippen molar-refractivity contribution < 1.29 is 9.90 Å². The highest BCUT2D eigenvalue weighted by Gasteiger charge is 2.09. The van der Waals surface area contributed by atoms with Crippen LogP contribution in [-0.4, -0.2) is 16.1 Å². The number of carboxylic acid groups (broad SMARTS) is 1. The Hall–Kier alpha value is -0.800. The highest BCUT2D eigenvalue weighted by Crippen LogP contribution is 2.22. The third-order valence-electron chi connectivity index (χ3n) is 1.85. The Morgan fingerprint density at radius 2 is 2.21 bits per heavy atom. The number of carboxylic acids is 1. The number of pyridine rings is 1. The molecule has 0 spiro atoms. The van der Waals surface area contributed by atoms with E-state index in [1.54, 1.807) is 6.07 Å². The summed E-state index contributed by atoms with van der Waals surface area (Å²) in [6, 6.07) is 1.67. The van der Waals surface area contributed by atoms with Gasteiger partial charge in [0.25, 0.3) is 0 Å². The van der Waals surface area contributed by atoms with Crippen LogP contribution in [0, 0.1) is 6.92 Å². The number of hydrogen-bond donors (Lipinski definition) is 1. The molecular formula is C9H9Cl2NO2. The third kappa shape index (κ3) is 2.86. The van der Waals surface area contributed by atoms with E-state index in [-0.39, 0.29) is 11.6 Å². The zero-order chi connectivity index (χ0) is 10.7. The van der Waals surface area contributed by atoms with Crippen molar-refractivity contribution in [2.75, 3.05) is 0 Å². The molecule has 14 heavy (non-hydrogen) atoms. The molecule has 0 aliphatic heterocycles. The molecule has 1 aromatic rings. The van der Waals surface area contributed by atoms with Crippen molar-refractivity contribution in [3.8, 4) is 0 Å². The summed E-state index contributed by atoms with van der Waals surface area (Å²) in [5.41, 5.74) is 1.62. The molecule has 0 atom stereocenters. The Kier molecular flexibility index (Phi) is 3.72. The van der Waals surface area contributed by atoms with Gasteiger partial charge in [0.15, 0.2) is 0 Å². The third-order valence-corrected chi connectivity index (χ3v) is 2.36. The molecule has 0 radical (unpaired) electrons. The van der Waals surface area contributed by atoms with Crippen molar-refractivity contribution in [2.45, 2.75) is 19.8 Å². The first-order valence-corrected chi connectivity index (χ1v) is 4.79. The predicted octanol–water partition coefficient (Wildman–Crippen LogP) is 2.71. The van der Waals surface area contributed by atoms with Crippen LogP contribution >= 0.6 is 23.2 Å². The number of aryl methyl sites for hydroxylation is 1. The molecule has 76 valence electrons. The molecule has 1 heterocycles. The maximum atomic E-state index is 10.4. The highest BCUT2D eigenvalue weighted by molar-refractivity contribution is 6.33. The molecule has 3 nitrogen and oxygen atoms in total. The summed E-state index contributed by atoms with van der Waals surface area (Å²) in [4.78, 5) is 14.2. The van der Waals surface area contributed by atoms with Gasteiger partial charge in [-0.2, -0.15) is 0 Å². The quantitative estimate of drug-likeness (QED) is 0.818. The van der Waals surface area contributed by atoms with Crippen molar-refractivity contribution in [2.24, 2.45) is 0 Å². The molecule has 0 unspecified atom stereocenters. The lowest BCUT2D eigenvalue weighted by Crippen LogP contribution is -2.00. The molecule has 0 aromatic carbocycles. The maximum absolute atomic E-state index is 10.4. The molecule has 5 heteroatoms.